The summed E-state index contributed by atoms with van der Waals surface area (Å²) >= 11 is 0. The Balaban J connectivity index is 1.78. The highest BCUT2D eigenvalue weighted by atomic mass is 32.2. The number of nitrogens with zero attached hydrogens (tertiary/aromatic N) is 2. The van der Waals surface area contributed by atoms with Crippen molar-refractivity contribution in [2.75, 3.05) is 50.1 Å². The summed E-state index contributed by atoms with van der Waals surface area (Å²) < 4.78 is 32.5. The first-order chi connectivity index (χ1) is 14.3. The van der Waals surface area contributed by atoms with Crippen LogP contribution in [0.25, 0.3) is 0 Å². The number of morpholine rings is 1. The van der Waals surface area contributed by atoms with Crippen LogP contribution in [0.15, 0.2) is 47.4 Å². The van der Waals surface area contributed by atoms with Crippen LogP contribution in [0.3, 0.4) is 0 Å². The Bertz CT molecular complexity index is 984. The normalized spacial score (nSPS) is 15.0. The van der Waals surface area contributed by atoms with E-state index in [9.17, 15) is 13.2 Å². The van der Waals surface area contributed by atoms with Crippen molar-refractivity contribution in [3.8, 4) is 0 Å². The fourth-order valence-electron chi connectivity index (χ4n) is 3.36. The zero-order chi connectivity index (χ0) is 21.7. The van der Waals surface area contributed by atoms with Crippen LogP contribution in [-0.4, -0.2) is 58.5 Å². The second-order valence-corrected chi connectivity index (χ2v) is 9.35. The fraction of sp³-hybridized carbons (Fsp3) is 0.409. The maximum atomic E-state index is 12.9. The molecule has 0 radical (unpaired) electrons. The van der Waals surface area contributed by atoms with E-state index >= 15 is 0 Å². The standard InChI is InChI=1S/C22H29N3O4S/c1-4-11-24(3)19-8-6-18(7-9-19)22(26)23-21-16-20(10-5-17(21)2)30(27,28)25-12-14-29-15-13-25/h5-10,16H,4,11-15H2,1-3H3,(H,23,26). The van der Waals surface area contributed by atoms with Crippen LogP contribution < -0.4 is 10.2 Å². The molecule has 1 fully saturated rings. The number of aryl methyl sites for hydroxylation is 1. The van der Waals surface area contributed by atoms with Crippen LogP contribution in [-0.2, 0) is 14.8 Å². The van der Waals surface area contributed by atoms with E-state index in [2.05, 4.69) is 17.1 Å². The van der Waals surface area contributed by atoms with Gasteiger partial charge in [-0.2, -0.15) is 4.31 Å². The maximum Gasteiger partial charge on any atom is 0.255 e. The van der Waals surface area contributed by atoms with Crippen LogP contribution in [0, 0.1) is 6.92 Å². The monoisotopic (exact) mass is 431 g/mol. The van der Waals surface area contributed by atoms with Gasteiger partial charge < -0.3 is 15.0 Å². The molecule has 0 unspecified atom stereocenters. The number of rotatable bonds is 7. The van der Waals surface area contributed by atoms with Gasteiger partial charge in [0.25, 0.3) is 5.91 Å². The molecule has 0 bridgehead atoms. The Morgan fingerprint density at radius 1 is 1.13 bits per heavy atom. The van der Waals surface area contributed by atoms with Gasteiger partial charge in [-0.15, -0.1) is 0 Å². The molecular formula is C22H29N3O4S. The third kappa shape index (κ3) is 5.00. The molecule has 1 saturated heterocycles. The summed E-state index contributed by atoms with van der Waals surface area (Å²) in [6.07, 6.45) is 1.04. The molecule has 1 amide bonds. The highest BCUT2D eigenvalue weighted by molar-refractivity contribution is 7.89. The average Bonchev–Trinajstić information content (AvgIpc) is 2.76. The summed E-state index contributed by atoms with van der Waals surface area (Å²) in [4.78, 5) is 15.0. The lowest BCUT2D eigenvalue weighted by atomic mass is 10.1. The first kappa shape index (κ1) is 22.3. The highest BCUT2D eigenvalue weighted by Crippen LogP contribution is 2.24. The van der Waals surface area contributed by atoms with E-state index in [0.717, 1.165) is 24.2 Å². The van der Waals surface area contributed by atoms with Crippen LogP contribution in [0.5, 0.6) is 0 Å². The maximum absolute atomic E-state index is 12.9. The molecule has 162 valence electrons. The van der Waals surface area contributed by atoms with Crippen LogP contribution in [0.4, 0.5) is 11.4 Å². The lowest BCUT2D eigenvalue weighted by Crippen LogP contribution is -2.40. The van der Waals surface area contributed by atoms with Crippen molar-refractivity contribution in [3.63, 3.8) is 0 Å². The van der Waals surface area contributed by atoms with E-state index in [1.807, 2.05) is 26.1 Å². The van der Waals surface area contributed by atoms with Gasteiger partial charge in [0.1, 0.15) is 0 Å². The molecule has 3 rings (SSSR count). The molecule has 30 heavy (non-hydrogen) atoms. The number of hydrogen-bond donors (Lipinski definition) is 1. The van der Waals surface area contributed by atoms with Gasteiger partial charge in [0.05, 0.1) is 18.1 Å². The van der Waals surface area contributed by atoms with Gasteiger partial charge >= 0.3 is 0 Å². The number of ether oxygens (including phenoxy) is 1. The number of nitrogens with one attached hydrogen (secondary N) is 1. The van der Waals surface area contributed by atoms with Gasteiger partial charge in [-0.1, -0.05) is 13.0 Å². The van der Waals surface area contributed by atoms with Gasteiger partial charge in [-0.25, -0.2) is 8.42 Å². The number of carbonyl (C=O) groups is 1. The smallest absolute Gasteiger partial charge is 0.255 e. The number of carbonyl (C=O) groups excluding carboxylic acids is 1. The molecule has 2 aromatic carbocycles. The zero-order valence-corrected chi connectivity index (χ0v) is 18.5. The Morgan fingerprint density at radius 2 is 1.80 bits per heavy atom. The van der Waals surface area contributed by atoms with Crippen molar-refractivity contribution in [1.29, 1.82) is 0 Å². The van der Waals surface area contributed by atoms with Crippen molar-refractivity contribution in [1.82, 2.24) is 4.31 Å². The average molecular weight is 432 g/mol. The van der Waals surface area contributed by atoms with Crippen molar-refractivity contribution < 1.29 is 17.9 Å². The molecule has 8 heteroatoms. The summed E-state index contributed by atoms with van der Waals surface area (Å²) in [5.74, 6) is -0.274. The molecule has 1 aliphatic rings. The van der Waals surface area contributed by atoms with E-state index in [4.69, 9.17) is 4.74 Å². The molecule has 2 aromatic rings. The molecule has 0 saturated carbocycles. The van der Waals surface area contributed by atoms with Gasteiger partial charge in [-0.3, -0.25) is 4.79 Å². The SMILES string of the molecule is CCCN(C)c1ccc(C(=O)Nc2cc(S(=O)(=O)N3CCOCC3)ccc2C)cc1. The van der Waals surface area contributed by atoms with E-state index in [-0.39, 0.29) is 10.8 Å². The second-order valence-electron chi connectivity index (χ2n) is 7.42. The lowest BCUT2D eigenvalue weighted by molar-refractivity contribution is 0.0730. The summed E-state index contributed by atoms with van der Waals surface area (Å²) in [6.45, 7) is 6.33. The zero-order valence-electron chi connectivity index (χ0n) is 17.7. The van der Waals surface area contributed by atoms with Crippen molar-refractivity contribution >= 4 is 27.3 Å². The fourth-order valence-corrected chi connectivity index (χ4v) is 4.79. The number of benzene rings is 2. The van der Waals surface area contributed by atoms with Crippen molar-refractivity contribution in [3.05, 3.63) is 53.6 Å². The number of sulfonamides is 1. The second kappa shape index (κ2) is 9.59. The van der Waals surface area contributed by atoms with Crippen LogP contribution in [0.2, 0.25) is 0 Å². The Morgan fingerprint density at radius 3 is 2.43 bits per heavy atom. The Hall–Kier alpha value is -2.42. The molecule has 0 aliphatic carbocycles. The highest BCUT2D eigenvalue weighted by Gasteiger charge is 2.27. The summed E-state index contributed by atoms with van der Waals surface area (Å²) in [5, 5.41) is 2.86. The number of anilines is 2. The minimum Gasteiger partial charge on any atom is -0.379 e. The van der Waals surface area contributed by atoms with E-state index < -0.39 is 10.0 Å². The third-order valence-electron chi connectivity index (χ3n) is 5.19. The van der Waals surface area contributed by atoms with Crippen molar-refractivity contribution in [2.24, 2.45) is 0 Å². The third-order valence-corrected chi connectivity index (χ3v) is 7.09. The van der Waals surface area contributed by atoms with Gasteiger partial charge in [0.15, 0.2) is 0 Å². The van der Waals surface area contributed by atoms with Crippen molar-refractivity contribution in [2.45, 2.75) is 25.2 Å². The summed E-state index contributed by atoms with van der Waals surface area (Å²) in [6, 6.07) is 12.2. The molecule has 0 atom stereocenters. The van der Waals surface area contributed by atoms with Gasteiger partial charge in [0.2, 0.25) is 10.0 Å². The lowest BCUT2D eigenvalue weighted by Gasteiger charge is -2.26. The van der Waals surface area contributed by atoms with Crippen LogP contribution in [0.1, 0.15) is 29.3 Å². The molecule has 1 aliphatic heterocycles. The predicted molar refractivity (Wildman–Crippen MR) is 119 cm³/mol. The first-order valence-corrected chi connectivity index (χ1v) is 11.6. The quantitative estimate of drug-likeness (QED) is 0.729. The summed E-state index contributed by atoms with van der Waals surface area (Å²) in [7, 11) is -1.61. The summed E-state index contributed by atoms with van der Waals surface area (Å²) in [5.41, 5.74) is 2.85. The van der Waals surface area contributed by atoms with E-state index in [1.165, 1.54) is 10.4 Å². The Labute approximate surface area is 178 Å². The molecular weight excluding hydrogens is 402 g/mol. The van der Waals surface area contributed by atoms with Gasteiger partial charge in [0, 0.05) is 43.6 Å². The molecule has 0 spiro atoms. The topological polar surface area (TPSA) is 79.0 Å². The number of hydrogen-bond acceptors (Lipinski definition) is 5. The van der Waals surface area contributed by atoms with E-state index in [0.29, 0.717) is 37.6 Å². The molecule has 1 N–H and O–H groups in total. The molecule has 7 nitrogen and oxygen atoms in total. The predicted octanol–water partition coefficient (Wildman–Crippen LogP) is 3.11. The Kier molecular flexibility index (Phi) is 7.12. The largest absolute Gasteiger partial charge is 0.379 e. The number of amides is 1. The van der Waals surface area contributed by atoms with Crippen LogP contribution >= 0.6 is 0 Å². The molecule has 0 aromatic heterocycles. The van der Waals surface area contributed by atoms with Gasteiger partial charge in [-0.05, 0) is 55.3 Å². The minimum absolute atomic E-state index is 0.168. The first-order valence-electron chi connectivity index (χ1n) is 10.1. The molecule has 1 heterocycles. The van der Waals surface area contributed by atoms with E-state index in [1.54, 1.807) is 24.3 Å². The minimum atomic E-state index is -3.63.